The molecule has 0 atom stereocenters. The van der Waals surface area contributed by atoms with E-state index in [1.165, 1.54) is 4.31 Å². The minimum Gasteiger partial charge on any atom is -0.378 e. The molecule has 0 bridgehead atoms. The lowest BCUT2D eigenvalue weighted by Crippen LogP contribution is -2.39. The molecule has 1 aromatic heterocycles. The molecular formula is C17H18F2N4O3S. The zero-order chi connectivity index (χ0) is 19.0. The first-order valence-electron chi connectivity index (χ1n) is 8.58. The van der Waals surface area contributed by atoms with Crippen LogP contribution in [0.2, 0.25) is 0 Å². The fourth-order valence-corrected chi connectivity index (χ4v) is 4.66. The van der Waals surface area contributed by atoms with Gasteiger partial charge in [0.2, 0.25) is 16.0 Å². The van der Waals surface area contributed by atoms with Gasteiger partial charge in [0.25, 0.3) is 0 Å². The average Bonchev–Trinajstić information content (AvgIpc) is 2.67. The van der Waals surface area contributed by atoms with E-state index in [1.807, 2.05) is 4.90 Å². The van der Waals surface area contributed by atoms with Crippen molar-refractivity contribution >= 4 is 16.0 Å². The molecule has 2 aromatic rings. The van der Waals surface area contributed by atoms with Crippen molar-refractivity contribution in [3.05, 3.63) is 47.3 Å². The molecule has 0 unspecified atom stereocenters. The summed E-state index contributed by atoms with van der Waals surface area (Å²) >= 11 is 0. The minimum absolute atomic E-state index is 0.0222. The van der Waals surface area contributed by atoms with Crippen LogP contribution in [0.5, 0.6) is 0 Å². The molecule has 1 saturated heterocycles. The van der Waals surface area contributed by atoms with Gasteiger partial charge in [0.1, 0.15) is 16.5 Å². The highest BCUT2D eigenvalue weighted by Crippen LogP contribution is 2.26. The third kappa shape index (κ3) is 3.52. The van der Waals surface area contributed by atoms with Crippen LogP contribution in [-0.2, 0) is 27.7 Å². The number of anilines is 1. The molecule has 0 amide bonds. The Morgan fingerprint density at radius 1 is 1.11 bits per heavy atom. The second-order valence-corrected chi connectivity index (χ2v) is 8.31. The number of hydrogen-bond acceptors (Lipinski definition) is 6. The fraction of sp³-hybridized carbons (Fsp3) is 0.412. The molecule has 0 aliphatic carbocycles. The largest absolute Gasteiger partial charge is 0.378 e. The lowest BCUT2D eigenvalue weighted by molar-refractivity contribution is 0.122. The third-order valence-corrected chi connectivity index (χ3v) is 6.58. The van der Waals surface area contributed by atoms with E-state index < -0.39 is 26.6 Å². The Balaban J connectivity index is 1.61. The number of hydrogen-bond donors (Lipinski definition) is 0. The van der Waals surface area contributed by atoms with Gasteiger partial charge in [0, 0.05) is 31.9 Å². The molecule has 0 spiro atoms. The second kappa shape index (κ2) is 7.10. The number of morpholine rings is 1. The van der Waals surface area contributed by atoms with Gasteiger partial charge < -0.3 is 9.64 Å². The Bertz CT molecular complexity index is 965. The Hall–Kier alpha value is -2.17. The summed E-state index contributed by atoms with van der Waals surface area (Å²) in [6.07, 6.45) is 2.15. The number of sulfonamides is 1. The van der Waals surface area contributed by atoms with E-state index in [1.54, 1.807) is 6.20 Å². The molecule has 1 fully saturated rings. The molecular weight excluding hydrogens is 378 g/mol. The van der Waals surface area contributed by atoms with Crippen molar-refractivity contribution in [2.45, 2.75) is 17.9 Å². The van der Waals surface area contributed by atoms with Gasteiger partial charge in [-0.2, -0.15) is 4.31 Å². The van der Waals surface area contributed by atoms with Gasteiger partial charge in [0.15, 0.2) is 0 Å². The van der Waals surface area contributed by atoms with Crippen LogP contribution in [0.1, 0.15) is 11.3 Å². The summed E-state index contributed by atoms with van der Waals surface area (Å²) in [5, 5.41) is 0. The van der Waals surface area contributed by atoms with Crippen LogP contribution >= 0.6 is 0 Å². The van der Waals surface area contributed by atoms with Crippen LogP contribution in [0.25, 0.3) is 0 Å². The lowest BCUT2D eigenvalue weighted by atomic mass is 10.1. The molecule has 27 heavy (non-hydrogen) atoms. The minimum atomic E-state index is -4.09. The Labute approximate surface area is 155 Å². The normalized spacial score (nSPS) is 18.4. The highest BCUT2D eigenvalue weighted by Gasteiger charge is 2.32. The maximum absolute atomic E-state index is 14.0. The van der Waals surface area contributed by atoms with Gasteiger partial charge in [-0.15, -0.1) is 0 Å². The molecule has 7 nitrogen and oxygen atoms in total. The first kappa shape index (κ1) is 18.2. The predicted octanol–water partition coefficient (Wildman–Crippen LogP) is 1.34. The van der Waals surface area contributed by atoms with E-state index in [9.17, 15) is 17.2 Å². The number of halogens is 2. The molecule has 1 aromatic carbocycles. The quantitative estimate of drug-likeness (QED) is 0.780. The van der Waals surface area contributed by atoms with Crippen molar-refractivity contribution < 1.29 is 21.9 Å². The topological polar surface area (TPSA) is 75.6 Å². The Morgan fingerprint density at radius 2 is 1.89 bits per heavy atom. The summed E-state index contributed by atoms with van der Waals surface area (Å²) < 4.78 is 59.2. The van der Waals surface area contributed by atoms with Crippen LogP contribution in [0.3, 0.4) is 0 Å². The van der Waals surface area contributed by atoms with Gasteiger partial charge in [0.05, 0.1) is 25.5 Å². The molecule has 3 heterocycles. The van der Waals surface area contributed by atoms with Crippen LogP contribution in [0.4, 0.5) is 14.7 Å². The highest BCUT2D eigenvalue weighted by atomic mass is 32.2. The van der Waals surface area contributed by atoms with Gasteiger partial charge in [-0.25, -0.2) is 27.2 Å². The van der Waals surface area contributed by atoms with E-state index in [0.29, 0.717) is 50.4 Å². The predicted molar refractivity (Wildman–Crippen MR) is 92.7 cm³/mol. The zero-order valence-corrected chi connectivity index (χ0v) is 15.3. The molecule has 10 heteroatoms. The first-order valence-corrected chi connectivity index (χ1v) is 10.0. The number of benzene rings is 1. The van der Waals surface area contributed by atoms with Crippen molar-refractivity contribution in [3.63, 3.8) is 0 Å². The molecule has 0 N–H and O–H groups in total. The van der Waals surface area contributed by atoms with E-state index >= 15 is 0 Å². The zero-order valence-electron chi connectivity index (χ0n) is 14.4. The van der Waals surface area contributed by atoms with Crippen LogP contribution in [-0.4, -0.2) is 55.5 Å². The number of ether oxygens (including phenoxy) is 1. The number of nitrogens with zero attached hydrogens (tertiary/aromatic N) is 4. The molecule has 2 aliphatic rings. The maximum atomic E-state index is 14.0. The third-order valence-electron chi connectivity index (χ3n) is 4.70. The van der Waals surface area contributed by atoms with Crippen molar-refractivity contribution in [1.82, 2.24) is 14.3 Å². The summed E-state index contributed by atoms with van der Waals surface area (Å²) in [5.74, 6) is -1.39. The molecule has 4 rings (SSSR count). The second-order valence-electron chi connectivity index (χ2n) is 6.40. The highest BCUT2D eigenvalue weighted by molar-refractivity contribution is 7.89. The van der Waals surface area contributed by atoms with Crippen molar-refractivity contribution in [2.24, 2.45) is 0 Å². The summed E-state index contributed by atoms with van der Waals surface area (Å²) in [6.45, 7) is 2.72. The van der Waals surface area contributed by atoms with Crippen LogP contribution in [0, 0.1) is 11.6 Å². The van der Waals surface area contributed by atoms with E-state index in [2.05, 4.69) is 9.97 Å². The van der Waals surface area contributed by atoms with Crippen molar-refractivity contribution in [2.75, 3.05) is 37.7 Å². The van der Waals surface area contributed by atoms with Crippen LogP contribution < -0.4 is 4.90 Å². The Kier molecular flexibility index (Phi) is 4.79. The smallest absolute Gasteiger partial charge is 0.246 e. The number of fused-ring (bicyclic) bond motifs is 1. The van der Waals surface area contributed by atoms with Gasteiger partial charge >= 0.3 is 0 Å². The Morgan fingerprint density at radius 3 is 2.63 bits per heavy atom. The van der Waals surface area contributed by atoms with Gasteiger partial charge in [-0.3, -0.25) is 0 Å². The van der Waals surface area contributed by atoms with Gasteiger partial charge in [-0.1, -0.05) is 0 Å². The first-order chi connectivity index (χ1) is 12.9. The van der Waals surface area contributed by atoms with E-state index in [-0.39, 0.29) is 13.1 Å². The summed E-state index contributed by atoms with van der Waals surface area (Å²) in [4.78, 5) is 10.4. The summed E-state index contributed by atoms with van der Waals surface area (Å²) in [6, 6.07) is 2.46. The van der Waals surface area contributed by atoms with E-state index in [4.69, 9.17) is 4.74 Å². The van der Waals surface area contributed by atoms with Crippen molar-refractivity contribution in [1.29, 1.82) is 0 Å². The monoisotopic (exact) mass is 396 g/mol. The standard InChI is InChI=1S/C17H18F2N4O3S/c18-13-1-2-16(14(19)9-13)27(24,25)23-4-3-12-10-20-17(21-15(12)11-23)22-5-7-26-8-6-22/h1-2,9-10H,3-8,11H2. The summed E-state index contributed by atoms with van der Waals surface area (Å²) in [7, 11) is -4.09. The lowest BCUT2D eigenvalue weighted by Gasteiger charge is -2.30. The fourth-order valence-electron chi connectivity index (χ4n) is 3.21. The number of aromatic nitrogens is 2. The van der Waals surface area contributed by atoms with Gasteiger partial charge in [-0.05, 0) is 24.1 Å². The average molecular weight is 396 g/mol. The summed E-state index contributed by atoms with van der Waals surface area (Å²) in [5.41, 5.74) is 1.47. The van der Waals surface area contributed by atoms with E-state index in [0.717, 1.165) is 17.7 Å². The number of rotatable bonds is 3. The van der Waals surface area contributed by atoms with Crippen LogP contribution in [0.15, 0.2) is 29.3 Å². The van der Waals surface area contributed by atoms with Crippen molar-refractivity contribution in [3.8, 4) is 0 Å². The SMILES string of the molecule is O=S(=O)(c1ccc(F)cc1F)N1CCc2cnc(N3CCOCC3)nc2C1. The molecule has 2 aliphatic heterocycles. The molecule has 0 saturated carbocycles. The molecule has 0 radical (unpaired) electrons. The maximum Gasteiger partial charge on any atom is 0.246 e. The molecule has 144 valence electrons.